The summed E-state index contributed by atoms with van der Waals surface area (Å²) in [6, 6.07) is 0.454. The molecule has 0 bridgehead atoms. The third kappa shape index (κ3) is 3.40. The van der Waals surface area contributed by atoms with Crippen LogP contribution in [0.4, 0.5) is 0 Å². The molecule has 2 unspecified atom stereocenters. The zero-order valence-electron chi connectivity index (χ0n) is 9.89. The van der Waals surface area contributed by atoms with Crippen LogP contribution in [-0.4, -0.2) is 24.5 Å². The van der Waals surface area contributed by atoms with E-state index in [1.807, 2.05) is 0 Å². The monoisotopic (exact) mass is 181 g/mol. The Hall–Kier alpha value is -0.480. The first kappa shape index (κ1) is 12.5. The van der Waals surface area contributed by atoms with Crippen molar-refractivity contribution in [3.05, 3.63) is 0 Å². The smallest absolute Gasteiger partial charge is 0.0401 e. The van der Waals surface area contributed by atoms with Gasteiger partial charge < -0.3 is 4.90 Å². The summed E-state index contributed by atoms with van der Waals surface area (Å²) < 4.78 is 0. The van der Waals surface area contributed by atoms with Crippen molar-refractivity contribution in [2.45, 2.75) is 40.7 Å². The van der Waals surface area contributed by atoms with Crippen molar-refractivity contribution in [3.63, 3.8) is 0 Å². The molecule has 0 saturated heterocycles. The molecule has 0 amide bonds. The van der Waals surface area contributed by atoms with E-state index in [2.05, 4.69) is 52.5 Å². The minimum absolute atomic E-state index is 0.192. The summed E-state index contributed by atoms with van der Waals surface area (Å²) in [5.41, 5.74) is 0.192. The molecule has 0 aromatic carbocycles. The summed E-state index contributed by atoms with van der Waals surface area (Å²) in [7, 11) is 2.13. The number of terminal acetylenes is 1. The standard InChI is InChI=1S/C12H23N/c1-8-11(12(4,5)6)10(3)13(7)9-2/h1,10-11H,9H2,2-7H3. The van der Waals surface area contributed by atoms with Gasteiger partial charge in [0.05, 0.1) is 0 Å². The molecule has 0 spiro atoms. The van der Waals surface area contributed by atoms with Gasteiger partial charge in [-0.1, -0.05) is 27.7 Å². The minimum Gasteiger partial charge on any atom is -0.303 e. The van der Waals surface area contributed by atoms with Crippen LogP contribution >= 0.6 is 0 Å². The zero-order valence-corrected chi connectivity index (χ0v) is 9.89. The van der Waals surface area contributed by atoms with Crippen LogP contribution in [0.15, 0.2) is 0 Å². The highest BCUT2D eigenvalue weighted by Gasteiger charge is 2.29. The van der Waals surface area contributed by atoms with E-state index in [1.165, 1.54) is 0 Å². The highest BCUT2D eigenvalue weighted by Crippen LogP contribution is 2.29. The second-order valence-corrected chi connectivity index (χ2v) is 4.82. The maximum absolute atomic E-state index is 5.58. The maximum Gasteiger partial charge on any atom is 0.0401 e. The van der Waals surface area contributed by atoms with Gasteiger partial charge in [-0.2, -0.15) is 0 Å². The molecule has 0 saturated carbocycles. The summed E-state index contributed by atoms with van der Waals surface area (Å²) in [5, 5.41) is 0. The van der Waals surface area contributed by atoms with Crippen LogP contribution in [0, 0.1) is 23.7 Å². The third-order valence-corrected chi connectivity index (χ3v) is 2.79. The molecule has 1 nitrogen and oxygen atoms in total. The number of nitrogens with zero attached hydrogens (tertiary/aromatic N) is 1. The van der Waals surface area contributed by atoms with E-state index in [4.69, 9.17) is 6.42 Å². The minimum atomic E-state index is 0.192. The van der Waals surface area contributed by atoms with E-state index in [-0.39, 0.29) is 5.41 Å². The van der Waals surface area contributed by atoms with E-state index in [0.29, 0.717) is 12.0 Å². The predicted octanol–water partition coefficient (Wildman–Crippen LogP) is 2.62. The topological polar surface area (TPSA) is 3.24 Å². The summed E-state index contributed by atoms with van der Waals surface area (Å²) in [5.74, 6) is 3.23. The fourth-order valence-corrected chi connectivity index (χ4v) is 1.66. The van der Waals surface area contributed by atoms with Crippen molar-refractivity contribution in [1.29, 1.82) is 0 Å². The highest BCUT2D eigenvalue weighted by atomic mass is 15.1. The molecular weight excluding hydrogens is 158 g/mol. The van der Waals surface area contributed by atoms with Gasteiger partial charge in [-0.3, -0.25) is 0 Å². The quantitative estimate of drug-likeness (QED) is 0.605. The molecule has 76 valence electrons. The third-order valence-electron chi connectivity index (χ3n) is 2.79. The van der Waals surface area contributed by atoms with E-state index in [9.17, 15) is 0 Å². The summed E-state index contributed by atoms with van der Waals surface area (Å²) in [4.78, 5) is 2.30. The Bertz CT molecular complexity index is 182. The second kappa shape index (κ2) is 4.67. The first-order valence-corrected chi connectivity index (χ1v) is 5.01. The van der Waals surface area contributed by atoms with Crippen LogP contribution in [0.1, 0.15) is 34.6 Å². The number of hydrogen-bond acceptors (Lipinski definition) is 1. The van der Waals surface area contributed by atoms with Crippen LogP contribution < -0.4 is 0 Å². The summed E-state index contributed by atoms with van der Waals surface area (Å²) in [6.07, 6.45) is 5.58. The maximum atomic E-state index is 5.58. The zero-order chi connectivity index (χ0) is 10.6. The first-order valence-electron chi connectivity index (χ1n) is 5.01. The van der Waals surface area contributed by atoms with Crippen molar-refractivity contribution in [2.24, 2.45) is 11.3 Å². The van der Waals surface area contributed by atoms with Gasteiger partial charge in [0, 0.05) is 12.0 Å². The lowest BCUT2D eigenvalue weighted by atomic mass is 9.77. The van der Waals surface area contributed by atoms with Gasteiger partial charge in [0.25, 0.3) is 0 Å². The van der Waals surface area contributed by atoms with Crippen LogP contribution in [-0.2, 0) is 0 Å². The molecule has 0 fully saturated rings. The van der Waals surface area contributed by atoms with Gasteiger partial charge in [-0.05, 0) is 25.9 Å². The lowest BCUT2D eigenvalue weighted by molar-refractivity contribution is 0.150. The molecular formula is C12H23N. The van der Waals surface area contributed by atoms with Crippen LogP contribution in [0.25, 0.3) is 0 Å². The van der Waals surface area contributed by atoms with E-state index >= 15 is 0 Å². The highest BCUT2D eigenvalue weighted by molar-refractivity contribution is 5.03. The van der Waals surface area contributed by atoms with Gasteiger partial charge in [0.2, 0.25) is 0 Å². The number of rotatable bonds is 3. The SMILES string of the molecule is C#CC(C(C)N(C)CC)C(C)(C)C. The molecule has 0 aromatic rings. The Labute approximate surface area is 83.5 Å². The molecule has 0 aliphatic carbocycles. The van der Waals surface area contributed by atoms with Gasteiger partial charge >= 0.3 is 0 Å². The first-order chi connectivity index (χ1) is 5.84. The van der Waals surface area contributed by atoms with Crippen molar-refractivity contribution < 1.29 is 0 Å². The van der Waals surface area contributed by atoms with Gasteiger partial charge in [-0.25, -0.2) is 0 Å². The molecule has 1 heteroatoms. The molecule has 0 N–H and O–H groups in total. The normalized spacial score (nSPS) is 16.8. The summed E-state index contributed by atoms with van der Waals surface area (Å²) in [6.45, 7) is 12.0. The van der Waals surface area contributed by atoms with Gasteiger partial charge in [0.1, 0.15) is 0 Å². The molecule has 0 aromatic heterocycles. The van der Waals surface area contributed by atoms with E-state index < -0.39 is 0 Å². The molecule has 13 heavy (non-hydrogen) atoms. The molecule has 2 atom stereocenters. The molecule has 0 aliphatic rings. The van der Waals surface area contributed by atoms with Crippen molar-refractivity contribution in [1.82, 2.24) is 4.90 Å². The molecule has 0 aliphatic heterocycles. The molecule has 0 radical (unpaired) electrons. The lowest BCUT2D eigenvalue weighted by Gasteiger charge is -2.36. The second-order valence-electron chi connectivity index (χ2n) is 4.82. The fraction of sp³-hybridized carbons (Fsp3) is 0.833. The fourth-order valence-electron chi connectivity index (χ4n) is 1.66. The lowest BCUT2D eigenvalue weighted by Crippen LogP contribution is -2.40. The van der Waals surface area contributed by atoms with E-state index in [0.717, 1.165) is 6.54 Å². The number of hydrogen-bond donors (Lipinski definition) is 0. The summed E-state index contributed by atoms with van der Waals surface area (Å²) >= 11 is 0. The van der Waals surface area contributed by atoms with Crippen molar-refractivity contribution in [2.75, 3.05) is 13.6 Å². The largest absolute Gasteiger partial charge is 0.303 e. The van der Waals surface area contributed by atoms with Crippen molar-refractivity contribution in [3.8, 4) is 12.3 Å². The molecule has 0 heterocycles. The Balaban J connectivity index is 4.53. The van der Waals surface area contributed by atoms with Crippen molar-refractivity contribution >= 4 is 0 Å². The Morgan fingerprint density at radius 3 is 2.08 bits per heavy atom. The van der Waals surface area contributed by atoms with Gasteiger partial charge in [0.15, 0.2) is 0 Å². The molecule has 0 rings (SSSR count). The predicted molar refractivity (Wildman–Crippen MR) is 59.5 cm³/mol. The Morgan fingerprint density at radius 2 is 1.85 bits per heavy atom. The van der Waals surface area contributed by atoms with Gasteiger partial charge in [-0.15, -0.1) is 12.3 Å². The van der Waals surface area contributed by atoms with Crippen LogP contribution in [0.5, 0.6) is 0 Å². The average molecular weight is 181 g/mol. The Morgan fingerprint density at radius 1 is 1.38 bits per heavy atom. The van der Waals surface area contributed by atoms with E-state index in [1.54, 1.807) is 0 Å². The van der Waals surface area contributed by atoms with Crippen LogP contribution in [0.2, 0.25) is 0 Å². The average Bonchev–Trinajstić information content (AvgIpc) is 2.01. The Kier molecular flexibility index (Phi) is 4.50. The van der Waals surface area contributed by atoms with Crippen LogP contribution in [0.3, 0.4) is 0 Å².